The molecule has 1 rings (SSSR count). The van der Waals surface area contributed by atoms with Gasteiger partial charge in [-0.1, -0.05) is 26.0 Å². The molecule has 6 heteroatoms. The van der Waals surface area contributed by atoms with E-state index in [1.54, 1.807) is 6.92 Å². The quantitative estimate of drug-likeness (QED) is 0.846. The summed E-state index contributed by atoms with van der Waals surface area (Å²) in [5.74, 6) is 0.124. The predicted molar refractivity (Wildman–Crippen MR) is 70.4 cm³/mol. The van der Waals surface area contributed by atoms with Crippen molar-refractivity contribution in [1.82, 2.24) is 5.32 Å². The number of hydrogen-bond acceptors (Lipinski definition) is 3. The van der Waals surface area contributed by atoms with Gasteiger partial charge in [-0.05, 0) is 37.1 Å². The molecule has 2 N–H and O–H groups in total. The normalized spacial score (nSPS) is 15.2. The second kappa shape index (κ2) is 6.45. The third-order valence-electron chi connectivity index (χ3n) is 2.94. The number of halogens is 3. The average Bonchev–Trinajstić information content (AvgIpc) is 2.35. The molecule has 0 aliphatic rings. The van der Waals surface area contributed by atoms with Crippen molar-refractivity contribution in [3.63, 3.8) is 0 Å². The third-order valence-corrected chi connectivity index (χ3v) is 2.94. The number of benzene rings is 1. The van der Waals surface area contributed by atoms with Gasteiger partial charge in [0.25, 0.3) is 0 Å². The lowest BCUT2D eigenvalue weighted by atomic mass is 9.92. The van der Waals surface area contributed by atoms with E-state index in [9.17, 15) is 18.3 Å². The number of aliphatic hydroxyl groups is 1. The highest BCUT2D eigenvalue weighted by molar-refractivity contribution is 5.31. The zero-order valence-corrected chi connectivity index (χ0v) is 11.8. The molecule has 114 valence electrons. The first-order valence-electron chi connectivity index (χ1n) is 6.38. The van der Waals surface area contributed by atoms with E-state index < -0.39 is 11.9 Å². The number of nitrogens with one attached hydrogen (secondary N) is 1. The molecular formula is C14H20F3NO2. The first kappa shape index (κ1) is 16.8. The molecular weight excluding hydrogens is 271 g/mol. The maximum absolute atomic E-state index is 12.1. The fraction of sp³-hybridized carbons (Fsp3) is 0.571. The fourth-order valence-electron chi connectivity index (χ4n) is 1.70. The van der Waals surface area contributed by atoms with Gasteiger partial charge < -0.3 is 15.2 Å². The lowest BCUT2D eigenvalue weighted by molar-refractivity contribution is -0.274. The smallest absolute Gasteiger partial charge is 0.406 e. The van der Waals surface area contributed by atoms with E-state index in [1.165, 1.54) is 24.3 Å². The summed E-state index contributed by atoms with van der Waals surface area (Å²) in [5, 5.41) is 12.7. The van der Waals surface area contributed by atoms with Gasteiger partial charge in [-0.3, -0.25) is 0 Å². The Bertz CT molecular complexity index is 417. The molecule has 3 nitrogen and oxygen atoms in total. The zero-order valence-electron chi connectivity index (χ0n) is 11.8. The maximum atomic E-state index is 12.1. The molecule has 1 aromatic rings. The molecule has 0 aliphatic heterocycles. The van der Waals surface area contributed by atoms with Crippen LogP contribution in [0.1, 0.15) is 26.3 Å². The maximum Gasteiger partial charge on any atom is 0.573 e. The van der Waals surface area contributed by atoms with Gasteiger partial charge in [0.15, 0.2) is 0 Å². The number of hydrogen-bond donors (Lipinski definition) is 2. The number of ether oxygens (including phenoxy) is 1. The van der Waals surface area contributed by atoms with Crippen molar-refractivity contribution in [1.29, 1.82) is 0 Å². The molecule has 0 saturated heterocycles. The van der Waals surface area contributed by atoms with Crippen LogP contribution in [0.15, 0.2) is 24.3 Å². The molecule has 20 heavy (non-hydrogen) atoms. The monoisotopic (exact) mass is 291 g/mol. The lowest BCUT2D eigenvalue weighted by Gasteiger charge is -2.30. The standard InChI is InChI=1S/C14H20F3NO2/c1-10(2)8-18-13(3,9-19)11-4-6-12(7-5-11)20-14(15,16)17/h4-7,10,18-19H,8-9H2,1-3H3. The number of aliphatic hydroxyl groups excluding tert-OH is 1. The van der Waals surface area contributed by atoms with Crippen LogP contribution in [0, 0.1) is 5.92 Å². The Morgan fingerprint density at radius 3 is 2.15 bits per heavy atom. The van der Waals surface area contributed by atoms with Crippen LogP contribution in [0.2, 0.25) is 0 Å². The van der Waals surface area contributed by atoms with Gasteiger partial charge in [-0.25, -0.2) is 0 Å². The highest BCUT2D eigenvalue weighted by Gasteiger charge is 2.31. The highest BCUT2D eigenvalue weighted by atomic mass is 19.4. The van der Waals surface area contributed by atoms with Crippen LogP contribution < -0.4 is 10.1 Å². The van der Waals surface area contributed by atoms with Crippen LogP contribution in [0.5, 0.6) is 5.75 Å². The first-order valence-corrected chi connectivity index (χ1v) is 6.38. The number of alkyl halides is 3. The van der Waals surface area contributed by atoms with Gasteiger partial charge in [0.1, 0.15) is 5.75 Å². The minimum absolute atomic E-state index is 0.154. The molecule has 0 fully saturated rings. The van der Waals surface area contributed by atoms with Gasteiger partial charge in [0.2, 0.25) is 0 Å². The van der Waals surface area contributed by atoms with Crippen molar-refractivity contribution in [2.75, 3.05) is 13.2 Å². The Balaban J connectivity index is 2.84. The van der Waals surface area contributed by atoms with E-state index in [0.29, 0.717) is 18.0 Å². The van der Waals surface area contributed by atoms with E-state index in [1.807, 2.05) is 13.8 Å². The summed E-state index contributed by atoms with van der Waals surface area (Å²) < 4.78 is 40.0. The Labute approximate surface area is 116 Å². The molecule has 0 aromatic heterocycles. The molecule has 1 atom stereocenters. The van der Waals surface area contributed by atoms with E-state index in [-0.39, 0.29) is 12.4 Å². The van der Waals surface area contributed by atoms with Crippen LogP contribution in [0.25, 0.3) is 0 Å². The molecule has 0 amide bonds. The van der Waals surface area contributed by atoms with Crippen molar-refractivity contribution in [2.45, 2.75) is 32.7 Å². The summed E-state index contributed by atoms with van der Waals surface area (Å²) >= 11 is 0. The molecule has 0 aliphatic carbocycles. The zero-order chi connectivity index (χ0) is 15.4. The fourth-order valence-corrected chi connectivity index (χ4v) is 1.70. The second-order valence-electron chi connectivity index (χ2n) is 5.34. The molecule has 0 spiro atoms. The molecule has 0 bridgehead atoms. The highest BCUT2D eigenvalue weighted by Crippen LogP contribution is 2.26. The summed E-state index contributed by atoms with van der Waals surface area (Å²) in [6.45, 7) is 6.40. The average molecular weight is 291 g/mol. The van der Waals surface area contributed by atoms with Crippen molar-refractivity contribution in [3.8, 4) is 5.75 Å². The topological polar surface area (TPSA) is 41.5 Å². The van der Waals surface area contributed by atoms with E-state index in [4.69, 9.17) is 0 Å². The van der Waals surface area contributed by atoms with Gasteiger partial charge in [-0.2, -0.15) is 0 Å². The van der Waals surface area contributed by atoms with Gasteiger partial charge in [0.05, 0.1) is 12.1 Å². The third kappa shape index (κ3) is 5.02. The van der Waals surface area contributed by atoms with Gasteiger partial charge >= 0.3 is 6.36 Å². The van der Waals surface area contributed by atoms with Crippen molar-refractivity contribution < 1.29 is 23.0 Å². The van der Waals surface area contributed by atoms with Crippen molar-refractivity contribution >= 4 is 0 Å². The van der Waals surface area contributed by atoms with Crippen LogP contribution in [0.3, 0.4) is 0 Å². The van der Waals surface area contributed by atoms with E-state index in [0.717, 1.165) is 0 Å². The summed E-state index contributed by atoms with van der Waals surface area (Å²) in [7, 11) is 0. The van der Waals surface area contributed by atoms with Crippen molar-refractivity contribution in [3.05, 3.63) is 29.8 Å². The Hall–Kier alpha value is -1.27. The van der Waals surface area contributed by atoms with Crippen LogP contribution in [-0.4, -0.2) is 24.6 Å². The van der Waals surface area contributed by atoms with Crippen LogP contribution >= 0.6 is 0 Å². The number of rotatable bonds is 6. The Morgan fingerprint density at radius 2 is 1.75 bits per heavy atom. The molecule has 1 aromatic carbocycles. The van der Waals surface area contributed by atoms with Gasteiger partial charge in [0, 0.05) is 0 Å². The van der Waals surface area contributed by atoms with Crippen LogP contribution in [0.4, 0.5) is 13.2 Å². The minimum Gasteiger partial charge on any atom is -0.406 e. The predicted octanol–water partition coefficient (Wildman–Crippen LogP) is 3.04. The Morgan fingerprint density at radius 1 is 1.20 bits per heavy atom. The first-order chi connectivity index (χ1) is 9.16. The largest absolute Gasteiger partial charge is 0.573 e. The molecule has 0 heterocycles. The van der Waals surface area contributed by atoms with Crippen molar-refractivity contribution in [2.24, 2.45) is 5.92 Å². The lowest BCUT2D eigenvalue weighted by Crippen LogP contribution is -2.44. The molecule has 0 saturated carbocycles. The van der Waals surface area contributed by atoms with E-state index >= 15 is 0 Å². The van der Waals surface area contributed by atoms with Gasteiger partial charge in [-0.15, -0.1) is 13.2 Å². The summed E-state index contributed by atoms with van der Waals surface area (Å²) in [6.07, 6.45) is -4.70. The van der Waals surface area contributed by atoms with Crippen LogP contribution in [-0.2, 0) is 5.54 Å². The van der Waals surface area contributed by atoms with E-state index in [2.05, 4.69) is 10.1 Å². The molecule has 0 radical (unpaired) electrons. The summed E-state index contributed by atoms with van der Waals surface area (Å²) in [6, 6.07) is 5.52. The molecule has 1 unspecified atom stereocenters. The summed E-state index contributed by atoms with van der Waals surface area (Å²) in [4.78, 5) is 0. The summed E-state index contributed by atoms with van der Waals surface area (Å²) in [5.41, 5.74) is 0.0104. The SMILES string of the molecule is CC(C)CNC(C)(CO)c1ccc(OC(F)(F)F)cc1. The Kier molecular flexibility index (Phi) is 5.42. The minimum atomic E-state index is -4.70. The second-order valence-corrected chi connectivity index (χ2v) is 5.34.